The molecule has 0 atom stereocenters. The van der Waals surface area contributed by atoms with Crippen molar-refractivity contribution in [3.8, 4) is 0 Å². The van der Waals surface area contributed by atoms with E-state index in [0.717, 1.165) is 12.1 Å². The highest BCUT2D eigenvalue weighted by Crippen LogP contribution is 2.32. The molecule has 20 heavy (non-hydrogen) atoms. The van der Waals surface area contributed by atoms with Crippen LogP contribution in [0.1, 0.15) is 25.0 Å². The van der Waals surface area contributed by atoms with Crippen LogP contribution in [0.15, 0.2) is 18.2 Å². The van der Waals surface area contributed by atoms with Crippen molar-refractivity contribution in [2.45, 2.75) is 26.6 Å². The first-order valence-corrected chi connectivity index (χ1v) is 6.29. The van der Waals surface area contributed by atoms with Crippen molar-refractivity contribution in [2.75, 3.05) is 20.1 Å². The van der Waals surface area contributed by atoms with Crippen LogP contribution in [0, 0.1) is 11.2 Å². The highest BCUT2D eigenvalue weighted by atomic mass is 19.4. The predicted octanol–water partition coefficient (Wildman–Crippen LogP) is 3.26. The summed E-state index contributed by atoms with van der Waals surface area (Å²) in [6.07, 6.45) is -4.67. The van der Waals surface area contributed by atoms with Gasteiger partial charge in [-0.25, -0.2) is 4.39 Å². The van der Waals surface area contributed by atoms with Crippen LogP contribution in [-0.4, -0.2) is 25.0 Å². The molecule has 0 heterocycles. The van der Waals surface area contributed by atoms with E-state index >= 15 is 0 Å². The van der Waals surface area contributed by atoms with Gasteiger partial charge >= 0.3 is 6.18 Å². The first-order valence-electron chi connectivity index (χ1n) is 6.29. The van der Waals surface area contributed by atoms with Gasteiger partial charge < -0.3 is 10.6 Å². The third-order valence-corrected chi connectivity index (χ3v) is 3.04. The molecule has 2 nitrogen and oxygen atoms in total. The number of rotatable bonds is 5. The van der Waals surface area contributed by atoms with E-state index in [9.17, 15) is 17.6 Å². The standard InChI is InChI=1S/C14H20F4N2/c1-13(2,8-19)9-20(3)7-10-4-5-12(15)11(6-10)14(16,17)18/h4-6H,7-9,19H2,1-3H3. The maximum Gasteiger partial charge on any atom is 0.419 e. The van der Waals surface area contributed by atoms with Gasteiger partial charge in [-0.15, -0.1) is 0 Å². The lowest BCUT2D eigenvalue weighted by atomic mass is 9.93. The number of alkyl halides is 3. The molecule has 0 saturated carbocycles. The minimum absolute atomic E-state index is 0.123. The smallest absolute Gasteiger partial charge is 0.330 e. The summed E-state index contributed by atoms with van der Waals surface area (Å²) in [6.45, 7) is 5.40. The van der Waals surface area contributed by atoms with E-state index in [-0.39, 0.29) is 5.41 Å². The van der Waals surface area contributed by atoms with Crippen molar-refractivity contribution in [3.63, 3.8) is 0 Å². The van der Waals surface area contributed by atoms with Gasteiger partial charge in [0.1, 0.15) is 5.82 Å². The largest absolute Gasteiger partial charge is 0.419 e. The molecule has 0 bridgehead atoms. The van der Waals surface area contributed by atoms with Crippen LogP contribution < -0.4 is 5.73 Å². The second kappa shape index (κ2) is 6.10. The molecule has 6 heteroatoms. The minimum atomic E-state index is -4.67. The SMILES string of the molecule is CN(Cc1ccc(F)c(C(F)(F)F)c1)CC(C)(C)CN. The average molecular weight is 292 g/mol. The lowest BCUT2D eigenvalue weighted by Gasteiger charge is -2.29. The van der Waals surface area contributed by atoms with Gasteiger partial charge in [0, 0.05) is 13.1 Å². The Morgan fingerprint density at radius 1 is 1.20 bits per heavy atom. The van der Waals surface area contributed by atoms with E-state index in [1.165, 1.54) is 6.07 Å². The first kappa shape index (κ1) is 16.9. The van der Waals surface area contributed by atoms with Crippen molar-refractivity contribution < 1.29 is 17.6 Å². The summed E-state index contributed by atoms with van der Waals surface area (Å²) >= 11 is 0. The summed E-state index contributed by atoms with van der Waals surface area (Å²) in [5, 5.41) is 0. The van der Waals surface area contributed by atoms with Crippen molar-refractivity contribution in [1.82, 2.24) is 4.90 Å². The van der Waals surface area contributed by atoms with Crippen molar-refractivity contribution in [3.05, 3.63) is 35.1 Å². The fraction of sp³-hybridized carbons (Fsp3) is 0.571. The van der Waals surface area contributed by atoms with Crippen LogP contribution in [0.4, 0.5) is 17.6 Å². The molecule has 0 radical (unpaired) electrons. The monoisotopic (exact) mass is 292 g/mol. The Balaban J connectivity index is 2.84. The minimum Gasteiger partial charge on any atom is -0.330 e. The molecule has 1 aromatic carbocycles. The third-order valence-electron chi connectivity index (χ3n) is 3.04. The highest BCUT2D eigenvalue weighted by Gasteiger charge is 2.34. The zero-order valence-corrected chi connectivity index (χ0v) is 11.9. The average Bonchev–Trinajstić information content (AvgIpc) is 2.29. The first-order chi connectivity index (χ1) is 9.05. The quantitative estimate of drug-likeness (QED) is 0.844. The van der Waals surface area contributed by atoms with Crippen molar-refractivity contribution >= 4 is 0 Å². The molecule has 0 unspecified atom stereocenters. The molecule has 0 aliphatic rings. The summed E-state index contributed by atoms with van der Waals surface area (Å²) in [5.41, 5.74) is 4.70. The van der Waals surface area contributed by atoms with Gasteiger partial charge in [0.25, 0.3) is 0 Å². The molecule has 0 saturated heterocycles. The Morgan fingerprint density at radius 3 is 2.30 bits per heavy atom. The topological polar surface area (TPSA) is 29.3 Å². The molecule has 0 spiro atoms. The summed E-state index contributed by atoms with van der Waals surface area (Å²) in [6, 6.07) is 3.10. The molecule has 2 N–H and O–H groups in total. The summed E-state index contributed by atoms with van der Waals surface area (Å²) in [4.78, 5) is 1.88. The third kappa shape index (κ3) is 4.76. The number of hydrogen-bond acceptors (Lipinski definition) is 2. The molecule has 1 rings (SSSR count). The van der Waals surface area contributed by atoms with Crippen molar-refractivity contribution in [1.29, 1.82) is 0 Å². The molecule has 0 aliphatic carbocycles. The summed E-state index contributed by atoms with van der Waals surface area (Å²) in [5.74, 6) is -1.24. The van der Waals surface area contributed by atoms with Gasteiger partial charge in [0.15, 0.2) is 0 Å². The van der Waals surface area contributed by atoms with E-state index in [1.54, 1.807) is 7.05 Å². The van der Waals surface area contributed by atoms with Crippen LogP contribution in [-0.2, 0) is 12.7 Å². The zero-order chi connectivity index (χ0) is 15.6. The Labute approximate surface area is 116 Å². The molecule has 0 aliphatic heterocycles. The summed E-state index contributed by atoms with van der Waals surface area (Å²) in [7, 11) is 1.80. The molecule has 1 aromatic rings. The second-order valence-electron chi connectivity index (χ2n) is 5.85. The van der Waals surface area contributed by atoms with Gasteiger partial charge in [-0.2, -0.15) is 13.2 Å². The number of hydrogen-bond donors (Lipinski definition) is 1. The zero-order valence-electron chi connectivity index (χ0n) is 11.9. The van der Waals surface area contributed by atoms with E-state index in [4.69, 9.17) is 5.73 Å². The number of halogens is 4. The lowest BCUT2D eigenvalue weighted by Crippen LogP contribution is -2.36. The molecule has 114 valence electrons. The van der Waals surface area contributed by atoms with Gasteiger partial charge in [0.05, 0.1) is 5.56 Å². The van der Waals surface area contributed by atoms with Crippen molar-refractivity contribution in [2.24, 2.45) is 11.1 Å². The maximum atomic E-state index is 13.2. The molecule has 0 aromatic heterocycles. The molecule has 0 fully saturated rings. The predicted molar refractivity (Wildman–Crippen MR) is 70.6 cm³/mol. The van der Waals surface area contributed by atoms with Crippen LogP contribution >= 0.6 is 0 Å². The molecular formula is C14H20F4N2. The fourth-order valence-corrected chi connectivity index (χ4v) is 2.05. The van der Waals surface area contributed by atoms with Gasteiger partial charge in [0.2, 0.25) is 0 Å². The Kier molecular flexibility index (Phi) is 5.15. The lowest BCUT2D eigenvalue weighted by molar-refractivity contribution is -0.140. The summed E-state index contributed by atoms with van der Waals surface area (Å²) < 4.78 is 51.0. The van der Waals surface area contributed by atoms with Gasteiger partial charge in [-0.3, -0.25) is 0 Å². The normalized spacial score (nSPS) is 13.1. The van der Waals surface area contributed by atoms with E-state index < -0.39 is 17.6 Å². The Hall–Kier alpha value is -1.14. The Bertz CT molecular complexity index is 455. The molecular weight excluding hydrogens is 272 g/mol. The second-order valence-corrected chi connectivity index (χ2v) is 5.85. The Morgan fingerprint density at radius 2 is 1.80 bits per heavy atom. The van der Waals surface area contributed by atoms with Gasteiger partial charge in [-0.1, -0.05) is 19.9 Å². The fourth-order valence-electron chi connectivity index (χ4n) is 2.05. The maximum absolute atomic E-state index is 13.2. The van der Waals surface area contributed by atoms with E-state index in [2.05, 4.69) is 0 Å². The number of benzene rings is 1. The van der Waals surface area contributed by atoms with Crippen LogP contribution in [0.3, 0.4) is 0 Å². The van der Waals surface area contributed by atoms with Gasteiger partial charge in [-0.05, 0) is 36.7 Å². The van der Waals surface area contributed by atoms with Crippen LogP contribution in [0.5, 0.6) is 0 Å². The highest BCUT2D eigenvalue weighted by molar-refractivity contribution is 5.27. The number of nitrogens with two attached hydrogens (primary N) is 1. The van der Waals surface area contributed by atoms with E-state index in [1.807, 2.05) is 18.7 Å². The molecule has 0 amide bonds. The van der Waals surface area contributed by atoms with Crippen LogP contribution in [0.25, 0.3) is 0 Å². The van der Waals surface area contributed by atoms with Crippen LogP contribution in [0.2, 0.25) is 0 Å². The number of nitrogens with zero attached hydrogens (tertiary/aromatic N) is 1. The van der Waals surface area contributed by atoms with E-state index in [0.29, 0.717) is 25.2 Å².